The van der Waals surface area contributed by atoms with Gasteiger partial charge in [-0.3, -0.25) is 4.79 Å². The molecule has 1 rings (SSSR count). The smallest absolute Gasteiger partial charge is 0.249 e. The number of hydrogen-bond donors (Lipinski definition) is 8. The summed E-state index contributed by atoms with van der Waals surface area (Å²) in [4.78, 5) is 13.3. The predicted molar refractivity (Wildman–Crippen MR) is 344 cm³/mol. The maximum absolute atomic E-state index is 13.3. The van der Waals surface area contributed by atoms with E-state index in [0.717, 1.165) is 38.5 Å². The van der Waals surface area contributed by atoms with Gasteiger partial charge in [0.05, 0.1) is 25.4 Å². The molecule has 8 N–H and O–H groups in total. The molecule has 0 aromatic carbocycles. The first-order chi connectivity index (χ1) is 40.2. The fourth-order valence-corrected chi connectivity index (χ4v) is 11.7. The maximum Gasteiger partial charge on any atom is 0.249 e. The van der Waals surface area contributed by atoms with Crippen molar-refractivity contribution >= 4 is 5.91 Å². The lowest BCUT2D eigenvalue weighted by molar-refractivity contribution is -0.303. The Morgan fingerprint density at radius 1 is 0.415 bits per heavy atom. The number of carbonyl (C=O) groups is 1. The minimum absolute atomic E-state index is 0.257. The Balaban J connectivity index is 2.20. The van der Waals surface area contributed by atoms with Crippen LogP contribution in [-0.4, -0.2) is 110 Å². The number of amides is 1. The van der Waals surface area contributed by atoms with Gasteiger partial charge in [-0.05, 0) is 64.2 Å². The van der Waals surface area contributed by atoms with Crippen molar-refractivity contribution in [2.24, 2.45) is 0 Å². The van der Waals surface area contributed by atoms with Crippen LogP contribution in [-0.2, 0) is 14.3 Å². The predicted octanol–water partition coefficient (Wildman–Crippen LogP) is 17.2. The molecular weight excluding hydrogens is 1030 g/mol. The maximum atomic E-state index is 13.3. The van der Waals surface area contributed by atoms with E-state index in [9.17, 15) is 40.5 Å². The van der Waals surface area contributed by atoms with E-state index >= 15 is 0 Å². The Bertz CT molecular complexity index is 1380. The van der Waals surface area contributed by atoms with E-state index in [1.165, 1.54) is 276 Å². The third kappa shape index (κ3) is 46.8. The number of aliphatic hydroxyl groups is 7. The van der Waals surface area contributed by atoms with E-state index in [2.05, 4.69) is 43.5 Å². The molecule has 1 saturated heterocycles. The average Bonchev–Trinajstić information content (AvgIpc) is 3.50. The molecule has 1 aliphatic heterocycles. The van der Waals surface area contributed by atoms with Crippen LogP contribution >= 0.6 is 0 Å². The van der Waals surface area contributed by atoms with Crippen molar-refractivity contribution in [3.05, 3.63) is 24.3 Å². The summed E-state index contributed by atoms with van der Waals surface area (Å²) in [6, 6.07) is -1.18. The van der Waals surface area contributed by atoms with E-state index in [1.807, 2.05) is 0 Å². The van der Waals surface area contributed by atoms with Crippen LogP contribution < -0.4 is 5.32 Å². The number of ether oxygens (including phenoxy) is 2. The highest BCUT2D eigenvalue weighted by molar-refractivity contribution is 5.80. The first-order valence-corrected chi connectivity index (χ1v) is 35.7. The molecule has 0 aromatic rings. The molecule has 1 fully saturated rings. The van der Waals surface area contributed by atoms with Crippen molar-refractivity contribution in [2.75, 3.05) is 13.2 Å². The number of rotatable bonds is 63. The van der Waals surface area contributed by atoms with Crippen molar-refractivity contribution in [1.29, 1.82) is 0 Å². The zero-order valence-corrected chi connectivity index (χ0v) is 53.8. The largest absolute Gasteiger partial charge is 0.394 e. The molecule has 0 spiro atoms. The van der Waals surface area contributed by atoms with Crippen molar-refractivity contribution in [2.45, 2.75) is 409 Å². The lowest BCUT2D eigenvalue weighted by Gasteiger charge is -2.40. The van der Waals surface area contributed by atoms with E-state index in [1.54, 1.807) is 0 Å². The summed E-state index contributed by atoms with van der Waals surface area (Å²) in [6.07, 6.45) is 64.1. The molecule has 0 bridgehead atoms. The van der Waals surface area contributed by atoms with Gasteiger partial charge < -0.3 is 50.5 Å². The zero-order chi connectivity index (χ0) is 59.6. The summed E-state index contributed by atoms with van der Waals surface area (Å²) in [5, 5.41) is 76.5. The molecule has 1 heterocycles. The van der Waals surface area contributed by atoms with Crippen molar-refractivity contribution in [1.82, 2.24) is 5.32 Å². The molecule has 486 valence electrons. The van der Waals surface area contributed by atoms with Gasteiger partial charge in [0.1, 0.15) is 36.6 Å². The fraction of sp³-hybridized carbons (Fsp3) is 0.930. The zero-order valence-electron chi connectivity index (χ0n) is 53.8. The topological polar surface area (TPSA) is 189 Å². The van der Waals surface area contributed by atoms with Crippen LogP contribution in [0.2, 0.25) is 0 Å². The first-order valence-electron chi connectivity index (χ1n) is 35.7. The Labute approximate surface area is 505 Å². The first kappa shape index (κ1) is 78.6. The summed E-state index contributed by atoms with van der Waals surface area (Å²) < 4.78 is 11.2. The minimum atomic E-state index is -1.67. The quantitative estimate of drug-likeness (QED) is 0.0215. The number of nitrogens with one attached hydrogen (secondary N) is 1. The van der Waals surface area contributed by atoms with Gasteiger partial charge in [0.2, 0.25) is 5.91 Å². The molecule has 1 aliphatic rings. The SMILES string of the molecule is CCCCCCCCCCCCCC/C=C\CCCCCCCCCCCCCCCCC(O)C(=O)NC(COC1OC(CO)C(O)C(O)C1O)C(O)C(O)CCC/C=C/CCCCCCCCCCCCCCCCCCCCCC. The Kier molecular flexibility index (Phi) is 57.4. The third-order valence-corrected chi connectivity index (χ3v) is 17.5. The molecule has 0 aromatic heterocycles. The molecule has 82 heavy (non-hydrogen) atoms. The summed E-state index contributed by atoms with van der Waals surface area (Å²) in [6.45, 7) is 3.50. The van der Waals surface area contributed by atoms with Crippen LogP contribution in [0.25, 0.3) is 0 Å². The Morgan fingerprint density at radius 3 is 1.05 bits per heavy atom. The molecule has 11 heteroatoms. The standard InChI is InChI=1S/C71H137NO10/c1-3-5-7-9-11-13-15-17-19-21-23-25-27-29-30-31-32-33-35-37-39-41-43-45-47-49-51-53-55-57-59-64(75)70(80)72-62(61-81-71-69(79)68(78)67(77)65(60-73)82-71)66(76)63(74)58-56-54-52-50-48-46-44-42-40-38-36-34-28-26-24-22-20-18-16-14-12-10-8-6-4-2/h29-30,50,52,62-69,71,73-79H,3-28,31-49,51,53-61H2,1-2H3,(H,72,80)/b30-29-,52-50+. The number of unbranched alkanes of at least 4 members (excludes halogenated alkanes) is 47. The minimum Gasteiger partial charge on any atom is -0.394 e. The summed E-state index contributed by atoms with van der Waals surface area (Å²) in [5.74, 6) is -0.700. The number of allylic oxidation sites excluding steroid dienone is 4. The second-order valence-corrected chi connectivity index (χ2v) is 25.3. The van der Waals surface area contributed by atoms with Crippen LogP contribution in [0, 0.1) is 0 Å². The fourth-order valence-electron chi connectivity index (χ4n) is 11.7. The molecule has 1 amide bonds. The average molecular weight is 1160 g/mol. The van der Waals surface area contributed by atoms with Gasteiger partial charge in [0.25, 0.3) is 0 Å². The lowest BCUT2D eigenvalue weighted by atomic mass is 9.98. The summed E-state index contributed by atoms with van der Waals surface area (Å²) >= 11 is 0. The highest BCUT2D eigenvalue weighted by Crippen LogP contribution is 2.24. The van der Waals surface area contributed by atoms with Crippen molar-refractivity contribution < 1.29 is 50.0 Å². The van der Waals surface area contributed by atoms with Crippen LogP contribution in [0.15, 0.2) is 24.3 Å². The van der Waals surface area contributed by atoms with Gasteiger partial charge in [-0.2, -0.15) is 0 Å². The van der Waals surface area contributed by atoms with Gasteiger partial charge in [0, 0.05) is 0 Å². The van der Waals surface area contributed by atoms with Gasteiger partial charge in [0.15, 0.2) is 6.29 Å². The van der Waals surface area contributed by atoms with Crippen LogP contribution in [0.1, 0.15) is 354 Å². The van der Waals surface area contributed by atoms with Gasteiger partial charge in [-0.15, -0.1) is 0 Å². The molecular formula is C71H137NO10. The second kappa shape index (κ2) is 59.9. The Morgan fingerprint density at radius 2 is 0.720 bits per heavy atom. The third-order valence-electron chi connectivity index (χ3n) is 17.5. The molecule has 0 saturated carbocycles. The molecule has 9 unspecified atom stereocenters. The van der Waals surface area contributed by atoms with E-state index in [4.69, 9.17) is 9.47 Å². The highest BCUT2D eigenvalue weighted by Gasteiger charge is 2.44. The van der Waals surface area contributed by atoms with Gasteiger partial charge in [-0.1, -0.05) is 314 Å². The van der Waals surface area contributed by atoms with Crippen LogP contribution in [0.4, 0.5) is 0 Å². The second-order valence-electron chi connectivity index (χ2n) is 25.3. The van der Waals surface area contributed by atoms with Crippen molar-refractivity contribution in [3.8, 4) is 0 Å². The number of hydrogen-bond acceptors (Lipinski definition) is 10. The normalized spacial score (nSPS) is 19.2. The van der Waals surface area contributed by atoms with E-state index in [0.29, 0.717) is 12.8 Å². The van der Waals surface area contributed by atoms with Crippen LogP contribution in [0.5, 0.6) is 0 Å². The molecule has 0 aliphatic carbocycles. The van der Waals surface area contributed by atoms with E-state index in [-0.39, 0.29) is 12.8 Å². The lowest BCUT2D eigenvalue weighted by Crippen LogP contribution is -2.60. The monoisotopic (exact) mass is 1160 g/mol. The summed E-state index contributed by atoms with van der Waals surface area (Å²) in [5.41, 5.74) is 0. The van der Waals surface area contributed by atoms with Gasteiger partial charge in [-0.25, -0.2) is 0 Å². The van der Waals surface area contributed by atoms with Crippen LogP contribution in [0.3, 0.4) is 0 Å². The summed E-state index contributed by atoms with van der Waals surface area (Å²) in [7, 11) is 0. The molecule has 9 atom stereocenters. The number of aliphatic hydroxyl groups excluding tert-OH is 7. The van der Waals surface area contributed by atoms with Gasteiger partial charge >= 0.3 is 0 Å². The van der Waals surface area contributed by atoms with E-state index < -0.39 is 74.2 Å². The van der Waals surface area contributed by atoms with Crippen molar-refractivity contribution in [3.63, 3.8) is 0 Å². The number of carbonyl (C=O) groups excluding carboxylic acids is 1. The Hall–Kier alpha value is -1.41. The highest BCUT2D eigenvalue weighted by atomic mass is 16.7. The molecule has 11 nitrogen and oxygen atoms in total. The molecule has 0 radical (unpaired) electrons.